The molecule has 0 saturated heterocycles. The van der Waals surface area contributed by atoms with Crippen molar-refractivity contribution in [1.29, 1.82) is 0 Å². The summed E-state index contributed by atoms with van der Waals surface area (Å²) in [7, 11) is 0. The van der Waals surface area contributed by atoms with E-state index in [0.717, 1.165) is 16.1 Å². The Hall–Kier alpha value is -0.870. The standard InChI is InChI=1S/C10H16N2OS/c1-6-5-14-8(3)10(6)12-9(13)4-7(2)11/h5,7H,4,11H2,1-3H3,(H,12,13). The smallest absolute Gasteiger partial charge is 0.225 e. The van der Waals surface area contributed by atoms with Crippen LogP contribution in [0, 0.1) is 13.8 Å². The number of nitrogens with two attached hydrogens (primary N) is 1. The Labute approximate surface area is 88.3 Å². The van der Waals surface area contributed by atoms with Crippen LogP contribution in [0.25, 0.3) is 0 Å². The number of aryl methyl sites for hydroxylation is 2. The molecule has 0 aliphatic heterocycles. The van der Waals surface area contributed by atoms with Crippen LogP contribution < -0.4 is 11.1 Å². The zero-order valence-electron chi connectivity index (χ0n) is 8.76. The van der Waals surface area contributed by atoms with Crippen LogP contribution in [0.5, 0.6) is 0 Å². The second-order valence-electron chi connectivity index (χ2n) is 3.58. The molecule has 0 aliphatic rings. The maximum atomic E-state index is 11.4. The SMILES string of the molecule is Cc1csc(C)c1NC(=O)CC(C)N. The minimum atomic E-state index is -0.0887. The highest BCUT2D eigenvalue weighted by Gasteiger charge is 2.10. The first-order valence-electron chi connectivity index (χ1n) is 4.61. The summed E-state index contributed by atoms with van der Waals surface area (Å²) in [5, 5.41) is 4.92. The topological polar surface area (TPSA) is 55.1 Å². The zero-order chi connectivity index (χ0) is 10.7. The summed E-state index contributed by atoms with van der Waals surface area (Å²) in [6.45, 7) is 5.82. The van der Waals surface area contributed by atoms with Crippen molar-refractivity contribution in [3.63, 3.8) is 0 Å². The molecule has 3 N–H and O–H groups in total. The molecule has 0 radical (unpaired) electrons. The molecule has 0 saturated carbocycles. The first-order valence-corrected chi connectivity index (χ1v) is 5.48. The summed E-state index contributed by atoms with van der Waals surface area (Å²) in [4.78, 5) is 12.6. The molecule has 1 atom stereocenters. The monoisotopic (exact) mass is 212 g/mol. The molecule has 1 aromatic heterocycles. The van der Waals surface area contributed by atoms with Gasteiger partial charge in [-0.1, -0.05) is 0 Å². The lowest BCUT2D eigenvalue weighted by Gasteiger charge is -2.07. The molecule has 1 aromatic rings. The van der Waals surface area contributed by atoms with Gasteiger partial charge in [0.15, 0.2) is 0 Å². The Kier molecular flexibility index (Phi) is 3.66. The Morgan fingerprint density at radius 3 is 2.71 bits per heavy atom. The lowest BCUT2D eigenvalue weighted by Crippen LogP contribution is -2.24. The third-order valence-corrected chi connectivity index (χ3v) is 2.96. The first kappa shape index (κ1) is 11.2. The van der Waals surface area contributed by atoms with Gasteiger partial charge in [-0.2, -0.15) is 0 Å². The first-order chi connectivity index (χ1) is 6.50. The maximum Gasteiger partial charge on any atom is 0.225 e. The van der Waals surface area contributed by atoms with Crippen LogP contribution in [0.15, 0.2) is 5.38 Å². The minimum absolute atomic E-state index is 0.00963. The summed E-state index contributed by atoms with van der Waals surface area (Å²) in [5.74, 6) is -0.00963. The van der Waals surface area contributed by atoms with E-state index >= 15 is 0 Å². The number of rotatable bonds is 3. The molecule has 0 spiro atoms. The fourth-order valence-electron chi connectivity index (χ4n) is 1.24. The largest absolute Gasteiger partial charge is 0.327 e. The van der Waals surface area contributed by atoms with E-state index in [-0.39, 0.29) is 11.9 Å². The number of hydrogen-bond donors (Lipinski definition) is 2. The van der Waals surface area contributed by atoms with Crippen molar-refractivity contribution in [2.24, 2.45) is 5.73 Å². The van der Waals surface area contributed by atoms with Gasteiger partial charge in [-0.15, -0.1) is 11.3 Å². The molecule has 0 bridgehead atoms. The summed E-state index contributed by atoms with van der Waals surface area (Å²) in [5.41, 5.74) is 7.60. The Morgan fingerprint density at radius 1 is 1.64 bits per heavy atom. The van der Waals surface area contributed by atoms with Crippen molar-refractivity contribution in [1.82, 2.24) is 0 Å². The fourth-order valence-corrected chi connectivity index (χ4v) is 2.04. The van der Waals surface area contributed by atoms with Gasteiger partial charge in [0.25, 0.3) is 0 Å². The Morgan fingerprint density at radius 2 is 2.29 bits per heavy atom. The van der Waals surface area contributed by atoms with Gasteiger partial charge in [-0.05, 0) is 31.7 Å². The highest BCUT2D eigenvalue weighted by molar-refractivity contribution is 7.10. The van der Waals surface area contributed by atoms with Crippen molar-refractivity contribution in [3.8, 4) is 0 Å². The second kappa shape index (κ2) is 4.57. The molecule has 0 fully saturated rings. The van der Waals surface area contributed by atoms with Crippen LogP contribution in [-0.2, 0) is 4.79 Å². The molecule has 0 aromatic carbocycles. The maximum absolute atomic E-state index is 11.4. The molecule has 1 amide bonds. The molecule has 4 heteroatoms. The summed E-state index contributed by atoms with van der Waals surface area (Å²) in [6.07, 6.45) is 0.370. The third-order valence-electron chi connectivity index (χ3n) is 1.93. The van der Waals surface area contributed by atoms with Crippen LogP contribution in [-0.4, -0.2) is 11.9 Å². The predicted molar refractivity (Wildman–Crippen MR) is 60.7 cm³/mol. The van der Waals surface area contributed by atoms with Crippen LogP contribution >= 0.6 is 11.3 Å². The number of amides is 1. The van der Waals surface area contributed by atoms with Crippen molar-refractivity contribution in [3.05, 3.63) is 15.8 Å². The Balaban J connectivity index is 2.64. The number of carbonyl (C=O) groups excluding carboxylic acids is 1. The Bertz CT molecular complexity index is 311. The number of anilines is 1. The van der Waals surface area contributed by atoms with E-state index in [1.54, 1.807) is 11.3 Å². The van der Waals surface area contributed by atoms with Crippen molar-refractivity contribution >= 4 is 22.9 Å². The normalized spacial score (nSPS) is 12.6. The van der Waals surface area contributed by atoms with Crippen molar-refractivity contribution < 1.29 is 4.79 Å². The molecular weight excluding hydrogens is 196 g/mol. The summed E-state index contributed by atoms with van der Waals surface area (Å²) in [6, 6.07) is -0.0887. The van der Waals surface area contributed by atoms with Gasteiger partial charge in [0.2, 0.25) is 5.91 Å². The third kappa shape index (κ3) is 2.82. The zero-order valence-corrected chi connectivity index (χ0v) is 9.57. The van der Waals surface area contributed by atoms with E-state index in [4.69, 9.17) is 5.73 Å². The van der Waals surface area contributed by atoms with Gasteiger partial charge >= 0.3 is 0 Å². The number of thiophene rings is 1. The van der Waals surface area contributed by atoms with Crippen molar-refractivity contribution in [2.45, 2.75) is 33.2 Å². The molecule has 3 nitrogen and oxygen atoms in total. The average Bonchev–Trinajstić information content (AvgIpc) is 2.34. The highest BCUT2D eigenvalue weighted by atomic mass is 32.1. The van der Waals surface area contributed by atoms with Gasteiger partial charge < -0.3 is 11.1 Å². The van der Waals surface area contributed by atoms with E-state index < -0.39 is 0 Å². The van der Waals surface area contributed by atoms with Crippen LogP contribution in [0.4, 0.5) is 5.69 Å². The number of hydrogen-bond acceptors (Lipinski definition) is 3. The van der Waals surface area contributed by atoms with Crippen LogP contribution in [0.2, 0.25) is 0 Å². The van der Waals surface area contributed by atoms with E-state index in [2.05, 4.69) is 5.32 Å². The molecule has 1 heterocycles. The van der Waals surface area contributed by atoms with Gasteiger partial charge in [0.05, 0.1) is 5.69 Å². The van der Waals surface area contributed by atoms with Crippen LogP contribution in [0.3, 0.4) is 0 Å². The van der Waals surface area contributed by atoms with E-state index in [1.165, 1.54) is 0 Å². The van der Waals surface area contributed by atoms with Crippen molar-refractivity contribution in [2.75, 3.05) is 5.32 Å². The van der Waals surface area contributed by atoms with Gasteiger partial charge in [0.1, 0.15) is 0 Å². The molecular formula is C10H16N2OS. The number of carbonyl (C=O) groups is 1. The lowest BCUT2D eigenvalue weighted by molar-refractivity contribution is -0.116. The molecule has 1 unspecified atom stereocenters. The average molecular weight is 212 g/mol. The molecule has 0 aliphatic carbocycles. The molecule has 1 rings (SSSR count). The van der Waals surface area contributed by atoms with Gasteiger partial charge in [-0.3, -0.25) is 4.79 Å². The lowest BCUT2D eigenvalue weighted by atomic mass is 10.2. The fraction of sp³-hybridized carbons (Fsp3) is 0.500. The minimum Gasteiger partial charge on any atom is -0.327 e. The van der Waals surface area contributed by atoms with E-state index in [9.17, 15) is 4.79 Å². The summed E-state index contributed by atoms with van der Waals surface area (Å²) >= 11 is 1.65. The van der Waals surface area contributed by atoms with Gasteiger partial charge in [-0.25, -0.2) is 0 Å². The predicted octanol–water partition coefficient (Wildman–Crippen LogP) is 2.04. The van der Waals surface area contributed by atoms with E-state index in [1.807, 2.05) is 26.2 Å². The number of nitrogens with one attached hydrogen (secondary N) is 1. The summed E-state index contributed by atoms with van der Waals surface area (Å²) < 4.78 is 0. The highest BCUT2D eigenvalue weighted by Crippen LogP contribution is 2.26. The molecule has 78 valence electrons. The second-order valence-corrected chi connectivity index (χ2v) is 4.66. The van der Waals surface area contributed by atoms with E-state index in [0.29, 0.717) is 6.42 Å². The van der Waals surface area contributed by atoms with Gasteiger partial charge in [0, 0.05) is 17.3 Å². The molecule has 14 heavy (non-hydrogen) atoms. The quantitative estimate of drug-likeness (QED) is 0.805. The van der Waals surface area contributed by atoms with Crippen LogP contribution in [0.1, 0.15) is 23.8 Å².